The summed E-state index contributed by atoms with van der Waals surface area (Å²) in [4.78, 5) is 38.7. The van der Waals surface area contributed by atoms with Crippen LogP contribution in [0.3, 0.4) is 0 Å². The molecule has 0 amide bonds. The smallest absolute Gasteiger partial charge is 0.349 e. The molecule has 0 bridgehead atoms. The number of aryl methyl sites for hydroxylation is 2. The number of hydrogen-bond donors (Lipinski definition) is 0. The third kappa shape index (κ3) is 8.67. The van der Waals surface area contributed by atoms with Crippen molar-refractivity contribution >= 4 is 5.97 Å². The Kier molecular flexibility index (Phi) is 11.1. The third-order valence-corrected chi connectivity index (χ3v) is 6.51. The van der Waals surface area contributed by atoms with Gasteiger partial charge in [-0.1, -0.05) is 68.7 Å². The van der Waals surface area contributed by atoms with Crippen LogP contribution in [0.4, 0.5) is 0 Å². The number of nitrogens with zero attached hydrogens (tertiary/aromatic N) is 3. The van der Waals surface area contributed by atoms with Gasteiger partial charge < -0.3 is 9.47 Å². The predicted octanol–water partition coefficient (Wildman–Crippen LogP) is 4.93. The van der Waals surface area contributed by atoms with Crippen LogP contribution in [-0.4, -0.2) is 32.5 Å². The second kappa shape index (κ2) is 14.5. The number of hydrogen-bond acceptors (Lipinski definition) is 6. The number of benzene rings is 2. The zero-order valence-corrected chi connectivity index (χ0v) is 23.7. The average Bonchev–Trinajstić information content (AvgIpc) is 2.91. The van der Waals surface area contributed by atoms with Crippen molar-refractivity contribution in [2.45, 2.75) is 91.3 Å². The second-order valence-corrected chi connectivity index (χ2v) is 10.2. The van der Waals surface area contributed by atoms with Gasteiger partial charge in [0.25, 0.3) is 5.56 Å². The number of ether oxygens (including phenoxy) is 2. The lowest BCUT2D eigenvalue weighted by atomic mass is 10.1. The highest BCUT2D eigenvalue weighted by atomic mass is 16.6. The van der Waals surface area contributed by atoms with Gasteiger partial charge in [0.15, 0.2) is 5.60 Å². The van der Waals surface area contributed by atoms with Gasteiger partial charge in [0.05, 0.1) is 13.2 Å². The first-order chi connectivity index (χ1) is 18.7. The van der Waals surface area contributed by atoms with E-state index in [1.807, 2.05) is 48.5 Å². The monoisotopic (exact) mass is 535 g/mol. The molecule has 8 heteroatoms. The van der Waals surface area contributed by atoms with Gasteiger partial charge in [0.2, 0.25) is 0 Å². The van der Waals surface area contributed by atoms with Crippen LogP contribution in [0.1, 0.15) is 76.6 Å². The van der Waals surface area contributed by atoms with Crippen LogP contribution in [0.2, 0.25) is 0 Å². The normalized spacial score (nSPS) is 11.4. The van der Waals surface area contributed by atoms with Gasteiger partial charge >= 0.3 is 11.7 Å². The molecule has 0 saturated carbocycles. The third-order valence-electron chi connectivity index (χ3n) is 6.51. The topological polar surface area (TPSA) is 92.4 Å². The minimum absolute atomic E-state index is 0.285. The van der Waals surface area contributed by atoms with E-state index in [9.17, 15) is 14.4 Å². The predicted molar refractivity (Wildman–Crippen MR) is 152 cm³/mol. The number of carbonyl (C=O) groups is 1. The van der Waals surface area contributed by atoms with Gasteiger partial charge in [-0.05, 0) is 69.7 Å². The van der Waals surface area contributed by atoms with Crippen LogP contribution < -0.4 is 16.0 Å². The summed E-state index contributed by atoms with van der Waals surface area (Å²) in [6, 6.07) is 17.2. The van der Waals surface area contributed by atoms with Gasteiger partial charge in [-0.15, -0.1) is 0 Å². The molecule has 0 aliphatic heterocycles. The van der Waals surface area contributed by atoms with Crippen molar-refractivity contribution in [1.82, 2.24) is 14.3 Å². The summed E-state index contributed by atoms with van der Waals surface area (Å²) in [6.07, 6.45) is 5.90. The molecule has 3 aromatic rings. The number of carbonyl (C=O) groups excluding carboxylic acids is 1. The Bertz CT molecular complexity index is 1330. The van der Waals surface area contributed by atoms with Crippen molar-refractivity contribution in [1.29, 1.82) is 0 Å². The van der Waals surface area contributed by atoms with Crippen LogP contribution in [0.25, 0.3) is 0 Å². The van der Waals surface area contributed by atoms with Crippen LogP contribution in [0.5, 0.6) is 5.75 Å². The zero-order valence-electron chi connectivity index (χ0n) is 23.7. The van der Waals surface area contributed by atoms with Crippen molar-refractivity contribution in [3.63, 3.8) is 0 Å². The standard InChI is InChI=1S/C31H41N3O5/c1-5-7-8-12-20-27-28(35)33(30(37)34(32-27)23-25-15-10-9-11-16-25)21-14-18-24-17-13-19-26(22-24)39-31(3,4)29(36)38-6-2/h9-11,13,15-17,19,22H,5-8,12,14,18,20-21,23H2,1-4H3. The van der Waals surface area contributed by atoms with Gasteiger partial charge in [0.1, 0.15) is 11.4 Å². The molecule has 1 aromatic heterocycles. The molecule has 0 spiro atoms. The van der Waals surface area contributed by atoms with E-state index in [1.54, 1.807) is 26.8 Å². The molecular formula is C31H41N3O5. The quantitative estimate of drug-likeness (QED) is 0.202. The Morgan fingerprint density at radius 3 is 2.36 bits per heavy atom. The Morgan fingerprint density at radius 2 is 1.64 bits per heavy atom. The summed E-state index contributed by atoms with van der Waals surface area (Å²) in [5, 5.41) is 4.48. The molecule has 0 radical (unpaired) electrons. The first-order valence-corrected chi connectivity index (χ1v) is 13.9. The lowest BCUT2D eigenvalue weighted by Gasteiger charge is -2.24. The van der Waals surface area contributed by atoms with E-state index in [0.29, 0.717) is 37.3 Å². The van der Waals surface area contributed by atoms with Crippen molar-refractivity contribution in [3.8, 4) is 5.75 Å². The Morgan fingerprint density at radius 1 is 0.897 bits per heavy atom. The first-order valence-electron chi connectivity index (χ1n) is 13.9. The van der Waals surface area contributed by atoms with Gasteiger partial charge in [0, 0.05) is 6.54 Å². The number of esters is 1. The maximum Gasteiger partial charge on any atom is 0.349 e. The van der Waals surface area contributed by atoms with E-state index in [4.69, 9.17) is 9.47 Å². The van der Waals surface area contributed by atoms with Crippen molar-refractivity contribution in [2.75, 3.05) is 6.61 Å². The van der Waals surface area contributed by atoms with Crippen LogP contribution >= 0.6 is 0 Å². The summed E-state index contributed by atoms with van der Waals surface area (Å²) in [5.74, 6) is 0.135. The molecule has 0 aliphatic rings. The second-order valence-electron chi connectivity index (χ2n) is 10.2. The first kappa shape index (κ1) is 29.9. The molecule has 0 N–H and O–H groups in total. The Labute approximate surface area is 230 Å². The number of unbranched alkanes of at least 4 members (excludes halogenated alkanes) is 3. The number of rotatable bonds is 15. The number of aromatic nitrogens is 3. The maximum atomic E-state index is 13.3. The van der Waals surface area contributed by atoms with Crippen LogP contribution in [0, 0.1) is 0 Å². The summed E-state index contributed by atoms with van der Waals surface area (Å²) in [5.41, 5.74) is 0.577. The lowest BCUT2D eigenvalue weighted by molar-refractivity contribution is -0.158. The molecule has 2 aromatic carbocycles. The SMILES string of the molecule is CCCCCCc1nn(Cc2ccccc2)c(=O)n(CCCc2cccc(OC(C)(C)C(=O)OCC)c2)c1=O. The molecule has 0 aliphatic carbocycles. The fourth-order valence-electron chi connectivity index (χ4n) is 4.39. The Balaban J connectivity index is 1.76. The molecule has 8 nitrogen and oxygen atoms in total. The molecule has 0 unspecified atom stereocenters. The minimum Gasteiger partial charge on any atom is -0.476 e. The molecule has 0 saturated heterocycles. The molecular weight excluding hydrogens is 494 g/mol. The van der Waals surface area contributed by atoms with E-state index in [1.165, 1.54) is 9.25 Å². The van der Waals surface area contributed by atoms with Gasteiger partial charge in [-0.25, -0.2) is 14.3 Å². The minimum atomic E-state index is -1.11. The van der Waals surface area contributed by atoms with Gasteiger partial charge in [-0.3, -0.25) is 9.36 Å². The van der Waals surface area contributed by atoms with E-state index in [-0.39, 0.29) is 18.7 Å². The van der Waals surface area contributed by atoms with Crippen LogP contribution in [0.15, 0.2) is 64.2 Å². The summed E-state index contributed by atoms with van der Waals surface area (Å²) in [6.45, 7) is 8.14. The van der Waals surface area contributed by atoms with Crippen LogP contribution in [-0.2, 0) is 35.5 Å². The zero-order chi connectivity index (χ0) is 28.3. The summed E-state index contributed by atoms with van der Waals surface area (Å²) in [7, 11) is 0. The summed E-state index contributed by atoms with van der Waals surface area (Å²) < 4.78 is 13.8. The van der Waals surface area contributed by atoms with E-state index < -0.39 is 17.3 Å². The largest absolute Gasteiger partial charge is 0.476 e. The average molecular weight is 536 g/mol. The summed E-state index contributed by atoms with van der Waals surface area (Å²) >= 11 is 0. The maximum absolute atomic E-state index is 13.3. The molecule has 0 atom stereocenters. The van der Waals surface area contributed by atoms with Crippen molar-refractivity contribution < 1.29 is 14.3 Å². The van der Waals surface area contributed by atoms with Crippen molar-refractivity contribution in [3.05, 3.63) is 92.3 Å². The molecule has 210 valence electrons. The molecule has 0 fully saturated rings. The fourth-order valence-corrected chi connectivity index (χ4v) is 4.39. The fraction of sp³-hybridized carbons (Fsp3) is 0.484. The molecule has 3 rings (SSSR count). The Hall–Kier alpha value is -3.68. The van der Waals surface area contributed by atoms with Gasteiger partial charge in [-0.2, -0.15) is 5.10 Å². The lowest BCUT2D eigenvalue weighted by Crippen LogP contribution is -2.43. The van der Waals surface area contributed by atoms with E-state index in [2.05, 4.69) is 12.0 Å². The molecule has 39 heavy (non-hydrogen) atoms. The van der Waals surface area contributed by atoms with Crippen molar-refractivity contribution in [2.24, 2.45) is 0 Å². The molecule has 1 heterocycles. The highest BCUT2D eigenvalue weighted by Crippen LogP contribution is 2.21. The highest BCUT2D eigenvalue weighted by molar-refractivity contribution is 5.79. The highest BCUT2D eigenvalue weighted by Gasteiger charge is 2.31. The van der Waals surface area contributed by atoms with E-state index in [0.717, 1.165) is 36.8 Å². The van der Waals surface area contributed by atoms with E-state index >= 15 is 0 Å².